The molecule has 78 valence electrons. The van der Waals surface area contributed by atoms with E-state index in [1.807, 2.05) is 0 Å². The minimum absolute atomic E-state index is 0.604. The van der Waals surface area contributed by atoms with Crippen molar-refractivity contribution in [2.45, 2.75) is 34.1 Å². The molecule has 0 spiro atoms. The van der Waals surface area contributed by atoms with E-state index in [9.17, 15) is 0 Å². The molecule has 2 unspecified atom stereocenters. The maximum absolute atomic E-state index is 4.09. The normalized spacial score (nSPS) is 15.6. The Balaban J connectivity index is 4.00. The smallest absolute Gasteiger partial charge is 0.00833 e. The summed E-state index contributed by atoms with van der Waals surface area (Å²) in [6.45, 7) is 13.3. The van der Waals surface area contributed by atoms with Crippen molar-refractivity contribution >= 4 is 0 Å². The van der Waals surface area contributed by atoms with Crippen LogP contribution in [-0.2, 0) is 0 Å². The van der Waals surface area contributed by atoms with Gasteiger partial charge in [-0.3, -0.25) is 0 Å². The predicted molar refractivity (Wildman–Crippen MR) is 60.6 cm³/mol. The summed E-state index contributed by atoms with van der Waals surface area (Å²) in [4.78, 5) is 2.12. The molecule has 0 aliphatic rings. The molecule has 0 heterocycles. The van der Waals surface area contributed by atoms with Gasteiger partial charge >= 0.3 is 0 Å². The van der Waals surface area contributed by atoms with Crippen LogP contribution < -0.4 is 0 Å². The lowest BCUT2D eigenvalue weighted by molar-refractivity contribution is 0.320. The molecule has 0 aliphatic carbocycles. The monoisotopic (exact) mass is 183 g/mol. The molecule has 0 rings (SSSR count). The summed E-state index contributed by atoms with van der Waals surface area (Å²) in [6, 6.07) is 0. The summed E-state index contributed by atoms with van der Waals surface area (Å²) >= 11 is 0. The van der Waals surface area contributed by atoms with E-state index < -0.39 is 0 Å². The minimum atomic E-state index is 0.604. The summed E-state index contributed by atoms with van der Waals surface area (Å²) in [5.41, 5.74) is 1.24. The summed E-state index contributed by atoms with van der Waals surface area (Å²) in [5, 5.41) is 0. The first kappa shape index (κ1) is 12.5. The zero-order chi connectivity index (χ0) is 10.6. The topological polar surface area (TPSA) is 3.24 Å². The predicted octanol–water partition coefficient (Wildman–Crippen LogP) is 3.38. The Hall–Kier alpha value is -0.460. The van der Waals surface area contributed by atoms with E-state index in [2.05, 4.69) is 53.3 Å². The number of rotatable bonds is 5. The minimum Gasteiger partial charge on any atom is -0.381 e. The first-order chi connectivity index (χ1) is 5.86. The number of nitrogens with zero attached hydrogens (tertiary/aromatic N) is 1. The fourth-order valence-corrected chi connectivity index (χ4v) is 1.41. The van der Waals surface area contributed by atoms with Gasteiger partial charge in [0, 0.05) is 19.8 Å². The zero-order valence-corrected chi connectivity index (χ0v) is 10.1. The standard InChI is InChI=1S/C12H25N/c1-9(2)10(3)8-11(4)12(5)13(6)7/h9-11H,5,8H2,1-4,6-7H3. The largest absolute Gasteiger partial charge is 0.381 e. The Bertz CT molecular complexity index is 159. The van der Waals surface area contributed by atoms with Crippen molar-refractivity contribution in [3.8, 4) is 0 Å². The van der Waals surface area contributed by atoms with E-state index in [-0.39, 0.29) is 0 Å². The SMILES string of the molecule is C=C(C(C)CC(C)C(C)C)N(C)C. The molecule has 1 nitrogen and oxygen atoms in total. The lowest BCUT2D eigenvalue weighted by Gasteiger charge is -2.26. The van der Waals surface area contributed by atoms with Crippen molar-refractivity contribution in [2.24, 2.45) is 17.8 Å². The van der Waals surface area contributed by atoms with Gasteiger partial charge in [0.05, 0.1) is 0 Å². The molecule has 0 aromatic carbocycles. The molecule has 0 saturated carbocycles. The van der Waals surface area contributed by atoms with Crippen LogP contribution in [0.15, 0.2) is 12.3 Å². The Morgan fingerprint density at radius 2 is 1.62 bits per heavy atom. The average molecular weight is 183 g/mol. The maximum Gasteiger partial charge on any atom is 0.00833 e. The van der Waals surface area contributed by atoms with Crippen molar-refractivity contribution in [3.05, 3.63) is 12.3 Å². The summed E-state index contributed by atoms with van der Waals surface area (Å²) < 4.78 is 0. The van der Waals surface area contributed by atoms with Crippen LogP contribution in [0.25, 0.3) is 0 Å². The summed E-state index contributed by atoms with van der Waals surface area (Å²) in [7, 11) is 4.14. The molecule has 0 fully saturated rings. The molecule has 0 aromatic heterocycles. The van der Waals surface area contributed by atoms with Crippen molar-refractivity contribution in [3.63, 3.8) is 0 Å². The van der Waals surface area contributed by atoms with Crippen molar-refractivity contribution in [1.82, 2.24) is 4.90 Å². The van der Waals surface area contributed by atoms with Gasteiger partial charge in [-0.05, 0) is 24.2 Å². The van der Waals surface area contributed by atoms with Gasteiger partial charge in [-0.25, -0.2) is 0 Å². The molecule has 0 aromatic rings. The van der Waals surface area contributed by atoms with Gasteiger partial charge < -0.3 is 4.90 Å². The van der Waals surface area contributed by atoms with E-state index >= 15 is 0 Å². The summed E-state index contributed by atoms with van der Waals surface area (Å²) in [6.07, 6.45) is 1.24. The molecule has 13 heavy (non-hydrogen) atoms. The lowest BCUT2D eigenvalue weighted by Crippen LogP contribution is -2.19. The molecule has 0 aliphatic heterocycles. The van der Waals surface area contributed by atoms with Gasteiger partial charge in [-0.15, -0.1) is 0 Å². The van der Waals surface area contributed by atoms with Crippen molar-refractivity contribution < 1.29 is 0 Å². The second-order valence-corrected chi connectivity index (χ2v) is 4.74. The van der Waals surface area contributed by atoms with Crippen LogP contribution in [0.3, 0.4) is 0 Å². The first-order valence-corrected chi connectivity index (χ1v) is 5.22. The third kappa shape index (κ3) is 4.35. The highest BCUT2D eigenvalue weighted by atomic mass is 15.1. The van der Waals surface area contributed by atoms with Gasteiger partial charge in [-0.2, -0.15) is 0 Å². The van der Waals surface area contributed by atoms with Crippen LogP contribution in [0.5, 0.6) is 0 Å². The highest BCUT2D eigenvalue weighted by Crippen LogP contribution is 2.24. The number of hydrogen-bond donors (Lipinski definition) is 0. The van der Waals surface area contributed by atoms with Gasteiger partial charge in [0.1, 0.15) is 0 Å². The number of hydrogen-bond acceptors (Lipinski definition) is 1. The molecule has 0 saturated heterocycles. The van der Waals surface area contributed by atoms with Crippen LogP contribution in [-0.4, -0.2) is 19.0 Å². The zero-order valence-electron chi connectivity index (χ0n) is 10.1. The maximum atomic E-state index is 4.09. The fraction of sp³-hybridized carbons (Fsp3) is 0.833. The lowest BCUT2D eigenvalue weighted by atomic mass is 9.87. The van der Waals surface area contributed by atoms with E-state index in [4.69, 9.17) is 0 Å². The summed E-state index contributed by atoms with van der Waals surface area (Å²) in [5.74, 6) is 2.16. The molecule has 0 bridgehead atoms. The second-order valence-electron chi connectivity index (χ2n) is 4.74. The molecule has 0 radical (unpaired) electrons. The molecule has 0 amide bonds. The van der Waals surface area contributed by atoms with Crippen LogP contribution in [0, 0.1) is 17.8 Å². The molecular formula is C12H25N. The second kappa shape index (κ2) is 5.31. The highest BCUT2D eigenvalue weighted by Gasteiger charge is 2.14. The molecule has 1 heteroatoms. The third-order valence-corrected chi connectivity index (χ3v) is 3.01. The Labute approximate surface area is 83.8 Å². The number of allylic oxidation sites excluding steroid dienone is 1. The van der Waals surface area contributed by atoms with Gasteiger partial charge in [-0.1, -0.05) is 34.3 Å². The van der Waals surface area contributed by atoms with E-state index in [0.29, 0.717) is 5.92 Å². The van der Waals surface area contributed by atoms with Gasteiger partial charge in [0.2, 0.25) is 0 Å². The van der Waals surface area contributed by atoms with Crippen molar-refractivity contribution in [2.75, 3.05) is 14.1 Å². The third-order valence-electron chi connectivity index (χ3n) is 3.01. The molecule has 2 atom stereocenters. The van der Waals surface area contributed by atoms with E-state index in [1.165, 1.54) is 12.1 Å². The Morgan fingerprint density at radius 1 is 1.15 bits per heavy atom. The molecule has 0 N–H and O–H groups in total. The first-order valence-electron chi connectivity index (χ1n) is 5.22. The van der Waals surface area contributed by atoms with Gasteiger partial charge in [0.25, 0.3) is 0 Å². The van der Waals surface area contributed by atoms with Crippen LogP contribution in [0.4, 0.5) is 0 Å². The van der Waals surface area contributed by atoms with Crippen molar-refractivity contribution in [1.29, 1.82) is 0 Å². The van der Waals surface area contributed by atoms with E-state index in [0.717, 1.165) is 11.8 Å². The molecular weight excluding hydrogens is 158 g/mol. The highest BCUT2D eigenvalue weighted by molar-refractivity contribution is 4.96. The average Bonchev–Trinajstić information content (AvgIpc) is 2.02. The quantitative estimate of drug-likeness (QED) is 0.631. The fourth-order valence-electron chi connectivity index (χ4n) is 1.41. The van der Waals surface area contributed by atoms with Crippen LogP contribution >= 0.6 is 0 Å². The van der Waals surface area contributed by atoms with Gasteiger partial charge in [0.15, 0.2) is 0 Å². The Kier molecular flexibility index (Phi) is 5.12. The van der Waals surface area contributed by atoms with Crippen LogP contribution in [0.1, 0.15) is 34.1 Å². The Morgan fingerprint density at radius 3 is 1.92 bits per heavy atom. The van der Waals surface area contributed by atoms with E-state index in [1.54, 1.807) is 0 Å². The van der Waals surface area contributed by atoms with Crippen LogP contribution in [0.2, 0.25) is 0 Å².